The standard InChI is InChI=1S/C10H19NO4S/c1-7(2)11(4)9(12)6-16(15)8(3)5-10(13)14/h7-8H,5-6H2,1-4H3,(H,13,14). The van der Waals surface area contributed by atoms with Crippen LogP contribution in [0.3, 0.4) is 0 Å². The van der Waals surface area contributed by atoms with Crippen molar-refractivity contribution in [2.24, 2.45) is 0 Å². The van der Waals surface area contributed by atoms with Crippen LogP contribution in [0.5, 0.6) is 0 Å². The van der Waals surface area contributed by atoms with Gasteiger partial charge in [-0.25, -0.2) is 0 Å². The number of carbonyl (C=O) groups excluding carboxylic acids is 1. The maximum absolute atomic E-state index is 11.6. The molecule has 6 heteroatoms. The highest BCUT2D eigenvalue weighted by atomic mass is 32.2. The first-order valence-electron chi connectivity index (χ1n) is 5.10. The molecular formula is C10H19NO4S. The number of hydrogen-bond acceptors (Lipinski definition) is 3. The van der Waals surface area contributed by atoms with E-state index in [4.69, 9.17) is 5.11 Å². The molecule has 94 valence electrons. The largest absolute Gasteiger partial charge is 0.481 e. The molecule has 1 N–H and O–H groups in total. The topological polar surface area (TPSA) is 74.7 Å². The van der Waals surface area contributed by atoms with Crippen molar-refractivity contribution in [2.75, 3.05) is 12.8 Å². The van der Waals surface area contributed by atoms with Gasteiger partial charge in [0, 0.05) is 29.1 Å². The number of hydrogen-bond donors (Lipinski definition) is 1. The number of carboxylic acids is 1. The predicted molar refractivity (Wildman–Crippen MR) is 62.6 cm³/mol. The summed E-state index contributed by atoms with van der Waals surface area (Å²) in [7, 11) is 0.220. The molecule has 0 aromatic carbocycles. The van der Waals surface area contributed by atoms with E-state index in [1.165, 1.54) is 4.90 Å². The molecule has 2 atom stereocenters. The van der Waals surface area contributed by atoms with Crippen molar-refractivity contribution in [3.63, 3.8) is 0 Å². The fraction of sp³-hybridized carbons (Fsp3) is 0.800. The van der Waals surface area contributed by atoms with Crippen LogP contribution in [0.15, 0.2) is 0 Å². The van der Waals surface area contributed by atoms with Gasteiger partial charge in [-0.05, 0) is 13.8 Å². The molecule has 0 radical (unpaired) electrons. The van der Waals surface area contributed by atoms with Crippen LogP contribution in [0.1, 0.15) is 27.2 Å². The van der Waals surface area contributed by atoms with Crippen LogP contribution in [0, 0.1) is 0 Å². The summed E-state index contributed by atoms with van der Waals surface area (Å²) in [4.78, 5) is 23.5. The van der Waals surface area contributed by atoms with Gasteiger partial charge in [-0.3, -0.25) is 13.8 Å². The molecule has 0 fully saturated rings. The van der Waals surface area contributed by atoms with Crippen molar-refractivity contribution in [2.45, 2.75) is 38.5 Å². The molecule has 1 amide bonds. The fourth-order valence-corrected chi connectivity index (χ4v) is 2.05. The summed E-state index contributed by atoms with van der Waals surface area (Å²) in [6, 6.07) is 0.0549. The van der Waals surface area contributed by atoms with E-state index >= 15 is 0 Å². The maximum Gasteiger partial charge on any atom is 0.304 e. The number of carbonyl (C=O) groups is 2. The zero-order chi connectivity index (χ0) is 12.9. The summed E-state index contributed by atoms with van der Waals surface area (Å²) in [5.74, 6) is -1.32. The monoisotopic (exact) mass is 249 g/mol. The van der Waals surface area contributed by atoms with Crippen molar-refractivity contribution >= 4 is 22.7 Å². The molecule has 2 unspecified atom stereocenters. The Hall–Kier alpha value is -0.910. The van der Waals surface area contributed by atoms with E-state index in [0.717, 1.165) is 0 Å². The third kappa shape index (κ3) is 5.25. The van der Waals surface area contributed by atoms with Crippen LogP contribution in [-0.2, 0) is 20.4 Å². The summed E-state index contributed by atoms with van der Waals surface area (Å²) in [6.07, 6.45) is -0.175. The lowest BCUT2D eigenvalue weighted by atomic mass is 10.3. The van der Waals surface area contributed by atoms with Crippen molar-refractivity contribution in [1.29, 1.82) is 0 Å². The summed E-state index contributed by atoms with van der Waals surface area (Å²) >= 11 is 0. The number of amides is 1. The van der Waals surface area contributed by atoms with Gasteiger partial charge < -0.3 is 10.0 Å². The second-order valence-corrected chi connectivity index (χ2v) is 5.89. The zero-order valence-corrected chi connectivity index (χ0v) is 10.9. The molecule has 0 aromatic rings. The zero-order valence-electron chi connectivity index (χ0n) is 10.1. The van der Waals surface area contributed by atoms with E-state index in [2.05, 4.69) is 0 Å². The minimum atomic E-state index is -1.42. The van der Waals surface area contributed by atoms with E-state index < -0.39 is 22.0 Å². The average Bonchev–Trinajstić information content (AvgIpc) is 2.14. The van der Waals surface area contributed by atoms with Gasteiger partial charge in [0.15, 0.2) is 0 Å². The minimum absolute atomic E-state index is 0.0549. The second-order valence-electron chi connectivity index (χ2n) is 4.03. The van der Waals surface area contributed by atoms with Crippen LogP contribution in [0.2, 0.25) is 0 Å². The Morgan fingerprint density at radius 2 is 1.81 bits per heavy atom. The molecular weight excluding hydrogens is 230 g/mol. The Kier molecular flexibility index (Phi) is 6.25. The molecule has 0 saturated carbocycles. The highest BCUT2D eigenvalue weighted by Crippen LogP contribution is 2.04. The van der Waals surface area contributed by atoms with Gasteiger partial charge in [-0.1, -0.05) is 6.92 Å². The Morgan fingerprint density at radius 1 is 1.31 bits per heavy atom. The van der Waals surface area contributed by atoms with Gasteiger partial charge in [0.2, 0.25) is 5.91 Å². The smallest absolute Gasteiger partial charge is 0.304 e. The number of carboxylic acid groups (broad SMARTS) is 1. The Bertz CT molecular complexity index is 291. The molecule has 0 saturated heterocycles. The van der Waals surface area contributed by atoms with E-state index in [9.17, 15) is 13.8 Å². The fourth-order valence-electron chi connectivity index (χ4n) is 0.993. The van der Waals surface area contributed by atoms with Crippen molar-refractivity contribution in [3.05, 3.63) is 0 Å². The summed E-state index contributed by atoms with van der Waals surface area (Å²) in [6.45, 7) is 5.30. The third-order valence-corrected chi connectivity index (χ3v) is 3.94. The van der Waals surface area contributed by atoms with Crippen LogP contribution < -0.4 is 0 Å². The maximum atomic E-state index is 11.6. The van der Waals surface area contributed by atoms with Gasteiger partial charge in [0.25, 0.3) is 0 Å². The van der Waals surface area contributed by atoms with Gasteiger partial charge in [-0.2, -0.15) is 0 Å². The lowest BCUT2D eigenvalue weighted by molar-refractivity contribution is -0.137. The lowest BCUT2D eigenvalue weighted by Gasteiger charge is -2.21. The molecule has 0 aliphatic heterocycles. The minimum Gasteiger partial charge on any atom is -0.481 e. The predicted octanol–water partition coefficient (Wildman–Crippen LogP) is 0.465. The average molecular weight is 249 g/mol. The van der Waals surface area contributed by atoms with E-state index in [1.54, 1.807) is 14.0 Å². The molecule has 0 rings (SSSR count). The van der Waals surface area contributed by atoms with E-state index in [-0.39, 0.29) is 24.1 Å². The van der Waals surface area contributed by atoms with Crippen LogP contribution in [0.4, 0.5) is 0 Å². The summed E-state index contributed by atoms with van der Waals surface area (Å²) in [5.41, 5.74) is 0. The third-order valence-electron chi connectivity index (χ3n) is 2.34. The highest BCUT2D eigenvalue weighted by molar-refractivity contribution is 7.86. The molecule has 0 bridgehead atoms. The molecule has 0 heterocycles. The summed E-state index contributed by atoms with van der Waals surface area (Å²) < 4.78 is 11.6. The van der Waals surface area contributed by atoms with Crippen molar-refractivity contribution < 1.29 is 18.9 Å². The molecule has 0 aliphatic carbocycles. The normalized spacial score (nSPS) is 14.6. The van der Waals surface area contributed by atoms with Gasteiger partial charge in [0.05, 0.1) is 6.42 Å². The van der Waals surface area contributed by atoms with Crippen LogP contribution >= 0.6 is 0 Å². The first kappa shape index (κ1) is 15.1. The SMILES string of the molecule is CC(C)N(C)C(=O)CS(=O)C(C)CC(=O)O. The van der Waals surface area contributed by atoms with Crippen molar-refractivity contribution in [1.82, 2.24) is 4.90 Å². The quantitative estimate of drug-likeness (QED) is 0.742. The van der Waals surface area contributed by atoms with E-state index in [1.807, 2.05) is 13.8 Å². The van der Waals surface area contributed by atoms with Crippen LogP contribution in [-0.4, -0.2) is 50.2 Å². The Labute approximate surface area is 98.3 Å². The Morgan fingerprint density at radius 3 is 2.19 bits per heavy atom. The molecule has 5 nitrogen and oxygen atoms in total. The molecule has 16 heavy (non-hydrogen) atoms. The summed E-state index contributed by atoms with van der Waals surface area (Å²) in [5, 5.41) is 8.04. The van der Waals surface area contributed by atoms with Crippen molar-refractivity contribution in [3.8, 4) is 0 Å². The highest BCUT2D eigenvalue weighted by Gasteiger charge is 2.20. The number of nitrogens with zero attached hydrogens (tertiary/aromatic N) is 1. The molecule has 0 aliphatic rings. The first-order valence-corrected chi connectivity index (χ1v) is 6.48. The molecule has 0 aromatic heterocycles. The van der Waals surface area contributed by atoms with Gasteiger partial charge >= 0.3 is 5.97 Å². The molecule has 0 spiro atoms. The number of aliphatic carboxylic acids is 1. The van der Waals surface area contributed by atoms with Gasteiger partial charge in [-0.15, -0.1) is 0 Å². The Balaban J connectivity index is 4.24. The number of rotatable bonds is 6. The lowest BCUT2D eigenvalue weighted by Crippen LogP contribution is -2.37. The first-order chi connectivity index (χ1) is 7.25. The second kappa shape index (κ2) is 6.62. The van der Waals surface area contributed by atoms with E-state index in [0.29, 0.717) is 0 Å². The van der Waals surface area contributed by atoms with Gasteiger partial charge in [0.1, 0.15) is 5.75 Å². The van der Waals surface area contributed by atoms with Crippen LogP contribution in [0.25, 0.3) is 0 Å².